The lowest BCUT2D eigenvalue weighted by molar-refractivity contribution is -0.00939. The van der Waals surface area contributed by atoms with Crippen molar-refractivity contribution >= 4 is 0 Å². The topological polar surface area (TPSA) is 12.5 Å². The summed E-state index contributed by atoms with van der Waals surface area (Å²) in [6, 6.07) is 0. The molecule has 0 saturated carbocycles. The lowest BCUT2D eigenvalue weighted by Gasteiger charge is -2.28. The summed E-state index contributed by atoms with van der Waals surface area (Å²) >= 11 is 0. The van der Waals surface area contributed by atoms with E-state index in [9.17, 15) is 0 Å². The fourth-order valence-electron chi connectivity index (χ4n) is 1.65. The van der Waals surface area contributed by atoms with E-state index in [0.717, 1.165) is 19.5 Å². The van der Waals surface area contributed by atoms with Crippen molar-refractivity contribution in [1.82, 2.24) is 4.90 Å². The van der Waals surface area contributed by atoms with Crippen LogP contribution in [0.5, 0.6) is 0 Å². The first kappa shape index (κ1) is 13.5. The predicted molar refractivity (Wildman–Crippen MR) is 62.1 cm³/mol. The molecule has 0 saturated heterocycles. The van der Waals surface area contributed by atoms with E-state index in [2.05, 4.69) is 32.3 Å². The van der Waals surface area contributed by atoms with Crippen LogP contribution in [0.1, 0.15) is 46.5 Å². The van der Waals surface area contributed by atoms with Crippen LogP contribution in [0.2, 0.25) is 0 Å². The first-order valence-electron chi connectivity index (χ1n) is 5.80. The van der Waals surface area contributed by atoms with E-state index in [4.69, 9.17) is 4.74 Å². The Morgan fingerprint density at radius 3 is 2.29 bits per heavy atom. The Labute approximate surface area is 88.9 Å². The molecule has 0 amide bonds. The van der Waals surface area contributed by atoms with Crippen LogP contribution in [0.4, 0.5) is 0 Å². The maximum Gasteiger partial charge on any atom is 0.151 e. The van der Waals surface area contributed by atoms with Gasteiger partial charge in [0.2, 0.25) is 0 Å². The molecule has 0 bridgehead atoms. The predicted octanol–water partition coefficient (Wildman–Crippen LogP) is 3.39. The third-order valence-corrected chi connectivity index (χ3v) is 2.53. The van der Waals surface area contributed by atoms with Gasteiger partial charge in [-0.15, -0.1) is 0 Å². The molecule has 1 atom stereocenters. The van der Waals surface area contributed by atoms with E-state index in [-0.39, 0.29) is 6.23 Å². The highest BCUT2D eigenvalue weighted by molar-refractivity contribution is 4.64. The molecule has 1 unspecified atom stereocenters. The SMILES string of the molecule is C=COC(CCCCC)N(CC)CC. The number of hydrogen-bond acceptors (Lipinski definition) is 2. The van der Waals surface area contributed by atoms with E-state index in [1.165, 1.54) is 19.3 Å². The zero-order valence-corrected chi connectivity index (χ0v) is 9.96. The van der Waals surface area contributed by atoms with Crippen LogP contribution in [0.15, 0.2) is 12.8 Å². The lowest BCUT2D eigenvalue weighted by atomic mass is 10.2. The summed E-state index contributed by atoms with van der Waals surface area (Å²) in [5.74, 6) is 0. The first-order chi connectivity index (χ1) is 6.79. The highest BCUT2D eigenvalue weighted by Crippen LogP contribution is 2.11. The number of hydrogen-bond donors (Lipinski definition) is 0. The van der Waals surface area contributed by atoms with Gasteiger partial charge in [-0.05, 0) is 25.9 Å². The minimum atomic E-state index is 0.231. The monoisotopic (exact) mass is 199 g/mol. The molecule has 2 nitrogen and oxygen atoms in total. The van der Waals surface area contributed by atoms with Crippen LogP contribution in [0.3, 0.4) is 0 Å². The van der Waals surface area contributed by atoms with Gasteiger partial charge in [0.15, 0.2) is 6.23 Å². The molecule has 2 heteroatoms. The first-order valence-corrected chi connectivity index (χ1v) is 5.80. The zero-order chi connectivity index (χ0) is 10.8. The largest absolute Gasteiger partial charge is 0.483 e. The van der Waals surface area contributed by atoms with Crippen LogP contribution in [-0.2, 0) is 4.74 Å². The highest BCUT2D eigenvalue weighted by atomic mass is 16.5. The molecule has 0 radical (unpaired) electrons. The molecule has 0 aliphatic carbocycles. The maximum absolute atomic E-state index is 5.52. The Kier molecular flexibility index (Phi) is 8.75. The number of ether oxygens (including phenoxy) is 1. The number of unbranched alkanes of at least 4 members (excludes halogenated alkanes) is 2. The van der Waals surface area contributed by atoms with Crippen molar-refractivity contribution in [3.05, 3.63) is 12.8 Å². The maximum atomic E-state index is 5.52. The standard InChI is InChI=1S/C12H25NO/c1-5-9-10-11-12(14-8-4)13(6-2)7-3/h8,12H,4-7,9-11H2,1-3H3. The molecule has 0 aromatic heterocycles. The van der Waals surface area contributed by atoms with E-state index >= 15 is 0 Å². The number of nitrogens with zero attached hydrogens (tertiary/aromatic N) is 1. The van der Waals surface area contributed by atoms with Gasteiger partial charge >= 0.3 is 0 Å². The Morgan fingerprint density at radius 2 is 1.86 bits per heavy atom. The van der Waals surface area contributed by atoms with E-state index in [1.54, 1.807) is 6.26 Å². The molecule has 0 N–H and O–H groups in total. The molecule has 0 spiro atoms. The Morgan fingerprint density at radius 1 is 1.21 bits per heavy atom. The third kappa shape index (κ3) is 5.28. The summed E-state index contributed by atoms with van der Waals surface area (Å²) in [6.45, 7) is 12.3. The summed E-state index contributed by atoms with van der Waals surface area (Å²) < 4.78 is 5.52. The molecular formula is C12H25NO. The van der Waals surface area contributed by atoms with Gasteiger partial charge in [0.05, 0.1) is 6.26 Å². The Bertz CT molecular complexity index is 132. The number of rotatable bonds is 9. The molecule has 0 fully saturated rings. The molecule has 0 rings (SSSR count). The third-order valence-electron chi connectivity index (χ3n) is 2.53. The quantitative estimate of drug-likeness (QED) is 0.320. The summed E-state index contributed by atoms with van der Waals surface area (Å²) in [5.41, 5.74) is 0. The van der Waals surface area contributed by atoms with Gasteiger partial charge in [-0.3, -0.25) is 4.90 Å². The van der Waals surface area contributed by atoms with Crippen molar-refractivity contribution in [1.29, 1.82) is 0 Å². The Hall–Kier alpha value is -0.500. The summed E-state index contributed by atoms with van der Waals surface area (Å²) in [6.07, 6.45) is 6.70. The Balaban J connectivity index is 3.91. The second-order valence-corrected chi connectivity index (χ2v) is 3.47. The molecule has 0 heterocycles. The molecule has 84 valence electrons. The van der Waals surface area contributed by atoms with Gasteiger partial charge in [0.1, 0.15) is 0 Å². The van der Waals surface area contributed by atoms with Crippen LogP contribution in [0.25, 0.3) is 0 Å². The van der Waals surface area contributed by atoms with Crippen molar-refractivity contribution in [3.63, 3.8) is 0 Å². The molecule has 0 aliphatic rings. The van der Waals surface area contributed by atoms with E-state index in [0.29, 0.717) is 0 Å². The lowest BCUT2D eigenvalue weighted by Crippen LogP contribution is -2.36. The van der Waals surface area contributed by atoms with Gasteiger partial charge < -0.3 is 4.74 Å². The van der Waals surface area contributed by atoms with E-state index in [1.807, 2.05) is 0 Å². The van der Waals surface area contributed by atoms with Crippen molar-refractivity contribution in [2.75, 3.05) is 13.1 Å². The van der Waals surface area contributed by atoms with Crippen LogP contribution in [0, 0.1) is 0 Å². The van der Waals surface area contributed by atoms with Gasteiger partial charge in [-0.2, -0.15) is 0 Å². The smallest absolute Gasteiger partial charge is 0.151 e. The molecular weight excluding hydrogens is 174 g/mol. The molecule has 0 aromatic rings. The molecule has 0 aromatic carbocycles. The molecule has 14 heavy (non-hydrogen) atoms. The van der Waals surface area contributed by atoms with Gasteiger partial charge in [0.25, 0.3) is 0 Å². The summed E-state index contributed by atoms with van der Waals surface area (Å²) in [4.78, 5) is 2.33. The van der Waals surface area contributed by atoms with E-state index < -0.39 is 0 Å². The summed E-state index contributed by atoms with van der Waals surface area (Å²) in [5, 5.41) is 0. The normalized spacial score (nSPS) is 12.9. The average molecular weight is 199 g/mol. The fourth-order valence-corrected chi connectivity index (χ4v) is 1.65. The minimum absolute atomic E-state index is 0.231. The van der Waals surface area contributed by atoms with Crippen LogP contribution in [-0.4, -0.2) is 24.2 Å². The van der Waals surface area contributed by atoms with Crippen molar-refractivity contribution in [2.45, 2.75) is 52.7 Å². The fraction of sp³-hybridized carbons (Fsp3) is 0.833. The van der Waals surface area contributed by atoms with Gasteiger partial charge in [0, 0.05) is 0 Å². The van der Waals surface area contributed by atoms with Crippen molar-refractivity contribution < 1.29 is 4.74 Å². The second kappa shape index (κ2) is 9.07. The average Bonchev–Trinajstić information content (AvgIpc) is 2.20. The van der Waals surface area contributed by atoms with Crippen LogP contribution < -0.4 is 0 Å². The van der Waals surface area contributed by atoms with Crippen molar-refractivity contribution in [2.24, 2.45) is 0 Å². The summed E-state index contributed by atoms with van der Waals surface area (Å²) in [7, 11) is 0. The van der Waals surface area contributed by atoms with Gasteiger partial charge in [-0.1, -0.05) is 40.2 Å². The van der Waals surface area contributed by atoms with Gasteiger partial charge in [-0.25, -0.2) is 0 Å². The van der Waals surface area contributed by atoms with Crippen LogP contribution >= 0.6 is 0 Å². The van der Waals surface area contributed by atoms with Crippen molar-refractivity contribution in [3.8, 4) is 0 Å². The minimum Gasteiger partial charge on any atom is -0.483 e. The zero-order valence-electron chi connectivity index (χ0n) is 9.96. The molecule has 0 aliphatic heterocycles. The second-order valence-electron chi connectivity index (χ2n) is 3.47. The highest BCUT2D eigenvalue weighted by Gasteiger charge is 2.14.